The molecule has 0 saturated heterocycles. The van der Waals surface area contributed by atoms with E-state index >= 15 is 0 Å². The van der Waals surface area contributed by atoms with E-state index in [1.54, 1.807) is 0 Å². The maximum absolute atomic E-state index is 10.3. The summed E-state index contributed by atoms with van der Waals surface area (Å²) >= 11 is 0. The molecule has 140 valence electrons. The van der Waals surface area contributed by atoms with Gasteiger partial charge < -0.3 is 30.6 Å². The van der Waals surface area contributed by atoms with Crippen molar-refractivity contribution in [3.8, 4) is 23.0 Å². The Morgan fingerprint density at radius 3 is 1.08 bits per heavy atom. The summed E-state index contributed by atoms with van der Waals surface area (Å²) in [6.45, 7) is 0. The van der Waals surface area contributed by atoms with Crippen molar-refractivity contribution in [1.82, 2.24) is 0 Å². The van der Waals surface area contributed by atoms with Crippen molar-refractivity contribution in [1.29, 1.82) is 0 Å². The number of carbonyl (C=O) groups is 2. The average Bonchev–Trinajstić information content (AvgIpc) is 2.52. The molecule has 2 aromatic carbocycles. The van der Waals surface area contributed by atoms with E-state index in [2.05, 4.69) is 0 Å². The van der Waals surface area contributed by atoms with E-state index in [0.29, 0.717) is 0 Å². The van der Waals surface area contributed by atoms with Gasteiger partial charge in [-0.3, -0.25) is 0 Å². The van der Waals surface area contributed by atoms with Crippen molar-refractivity contribution < 1.29 is 52.9 Å². The fourth-order valence-corrected chi connectivity index (χ4v) is 1.31. The second-order valence-corrected chi connectivity index (χ2v) is 4.63. The Bertz CT molecular complexity index is 835. The summed E-state index contributed by atoms with van der Waals surface area (Å²) in [5.41, 5.74) is -0.111. The summed E-state index contributed by atoms with van der Waals surface area (Å²) in [6.07, 6.45) is 0. The highest BCUT2D eigenvalue weighted by molar-refractivity contribution is 7.59. The number of carboxylic acids is 2. The van der Waals surface area contributed by atoms with E-state index in [-0.39, 0.29) is 22.6 Å². The van der Waals surface area contributed by atoms with E-state index in [4.69, 9.17) is 43.3 Å². The Labute approximate surface area is 146 Å². The summed E-state index contributed by atoms with van der Waals surface area (Å²) in [5.74, 6) is -3.78. The predicted octanol–water partition coefficient (Wildman–Crippen LogP) is 0.588. The van der Waals surface area contributed by atoms with Crippen molar-refractivity contribution in [3.63, 3.8) is 0 Å². The molecule has 0 aromatic heterocycles. The zero-order valence-corrected chi connectivity index (χ0v) is 13.4. The van der Waals surface area contributed by atoms with Crippen LogP contribution in [0.5, 0.6) is 23.0 Å². The average molecular weight is 388 g/mol. The number of phenolic OH excluding ortho intramolecular Hbond substituents is 4. The van der Waals surface area contributed by atoms with E-state index in [0.717, 1.165) is 24.3 Å². The minimum Gasteiger partial charge on any atom is -0.504 e. The number of aromatic hydroxyl groups is 4. The zero-order chi connectivity index (χ0) is 20.4. The van der Waals surface area contributed by atoms with E-state index in [1.165, 1.54) is 12.1 Å². The topological polar surface area (TPSA) is 207 Å². The van der Waals surface area contributed by atoms with Gasteiger partial charge in [0.05, 0.1) is 11.1 Å². The van der Waals surface area contributed by atoms with Crippen molar-refractivity contribution in [3.05, 3.63) is 47.5 Å². The number of phenols is 4. The maximum Gasteiger partial charge on any atom is 0.425 e. The second kappa shape index (κ2) is 10.1. The lowest BCUT2D eigenvalue weighted by atomic mass is 10.2. The van der Waals surface area contributed by atoms with Crippen molar-refractivity contribution in [2.24, 2.45) is 0 Å². The third kappa shape index (κ3) is 8.16. The van der Waals surface area contributed by atoms with Gasteiger partial charge in [-0.1, -0.05) is 0 Å². The molecule has 0 aliphatic rings. The van der Waals surface area contributed by atoms with Gasteiger partial charge in [-0.05, 0) is 36.4 Å². The first kappa shape index (κ1) is 22.2. The lowest BCUT2D eigenvalue weighted by molar-refractivity contribution is 0.0685. The van der Waals surface area contributed by atoms with Crippen LogP contribution in [-0.4, -0.2) is 55.2 Å². The number of hydrogen-bond donors (Lipinski definition) is 6. The lowest BCUT2D eigenvalue weighted by Crippen LogP contribution is -1.94. The number of hydrogen-bond acceptors (Lipinski definition) is 9. The van der Waals surface area contributed by atoms with Crippen LogP contribution in [-0.2, 0) is 10.6 Å². The van der Waals surface area contributed by atoms with Crippen LogP contribution in [0.4, 0.5) is 0 Å². The maximum atomic E-state index is 10.3. The summed E-state index contributed by atoms with van der Waals surface area (Å²) in [6, 6.07) is 6.63. The van der Waals surface area contributed by atoms with Gasteiger partial charge in [0.25, 0.3) is 0 Å². The molecule has 0 unspecified atom stereocenters. The van der Waals surface area contributed by atoms with E-state index in [1.807, 2.05) is 0 Å². The molecule has 12 heteroatoms. The molecule has 0 fully saturated rings. The molecule has 0 radical (unpaired) electrons. The van der Waals surface area contributed by atoms with Crippen LogP contribution >= 0.6 is 0 Å². The van der Waals surface area contributed by atoms with Gasteiger partial charge in [-0.15, -0.1) is 12.6 Å². The SMILES string of the molecule is O=C(O)c1ccc(O)c(O)c1.O=C(O)c1ccc(O)c(O)c1.O=S(=O)=O. The summed E-state index contributed by atoms with van der Waals surface area (Å²) < 4.78 is 25.3. The molecule has 2 rings (SSSR count). The highest BCUT2D eigenvalue weighted by atomic mass is 32.2. The van der Waals surface area contributed by atoms with Crippen LogP contribution in [0.1, 0.15) is 20.7 Å². The largest absolute Gasteiger partial charge is 0.504 e. The fraction of sp³-hybridized carbons (Fsp3) is 0. The van der Waals surface area contributed by atoms with Gasteiger partial charge in [0, 0.05) is 0 Å². The van der Waals surface area contributed by atoms with Gasteiger partial charge >= 0.3 is 22.5 Å². The van der Waals surface area contributed by atoms with Crippen LogP contribution in [0.3, 0.4) is 0 Å². The third-order valence-electron chi connectivity index (χ3n) is 2.44. The highest BCUT2D eigenvalue weighted by Crippen LogP contribution is 2.25. The molecule has 0 spiro atoms. The molecule has 0 saturated carbocycles. The van der Waals surface area contributed by atoms with Crippen molar-refractivity contribution in [2.45, 2.75) is 0 Å². The van der Waals surface area contributed by atoms with Crippen molar-refractivity contribution >= 4 is 22.5 Å². The summed E-state index contributed by atoms with van der Waals surface area (Å²) in [4.78, 5) is 20.5. The first-order valence-electron chi connectivity index (χ1n) is 6.23. The molecular formula is C14H12O11S. The lowest BCUT2D eigenvalue weighted by Gasteiger charge is -1.97. The Balaban J connectivity index is 0.000000401. The molecule has 26 heavy (non-hydrogen) atoms. The second-order valence-electron chi connectivity index (χ2n) is 4.22. The van der Waals surface area contributed by atoms with Gasteiger partial charge in [0.15, 0.2) is 23.0 Å². The van der Waals surface area contributed by atoms with Crippen LogP contribution < -0.4 is 0 Å². The predicted molar refractivity (Wildman–Crippen MR) is 83.2 cm³/mol. The molecule has 0 aliphatic heterocycles. The molecule has 2 aromatic rings. The quantitative estimate of drug-likeness (QED) is 0.392. The first-order valence-corrected chi connectivity index (χ1v) is 7.23. The number of aromatic carboxylic acids is 2. The first-order chi connectivity index (χ1) is 12.0. The Hall–Kier alpha value is -3.80. The van der Waals surface area contributed by atoms with Crippen LogP contribution in [0, 0.1) is 0 Å². The van der Waals surface area contributed by atoms with Gasteiger partial charge in [0.2, 0.25) is 0 Å². The molecule has 0 atom stereocenters. The van der Waals surface area contributed by atoms with Crippen LogP contribution in [0.2, 0.25) is 0 Å². The molecule has 6 N–H and O–H groups in total. The normalized spacial score (nSPS) is 8.92. The Kier molecular flexibility index (Phi) is 8.66. The summed E-state index contributed by atoms with van der Waals surface area (Å²) in [5, 5.41) is 52.1. The molecule has 0 amide bonds. The standard InChI is InChI=1S/2C7H6O4.O3S/c2*8-5-2-1-4(7(10)11)3-6(5)9;1-4(2)3/h2*1-3,8-9H,(H,10,11);. The summed E-state index contributed by atoms with van der Waals surface area (Å²) in [7, 11) is -3.11. The highest BCUT2D eigenvalue weighted by Gasteiger charge is 2.06. The minimum absolute atomic E-state index is 0.0553. The van der Waals surface area contributed by atoms with E-state index < -0.39 is 34.0 Å². The third-order valence-corrected chi connectivity index (χ3v) is 2.44. The zero-order valence-electron chi connectivity index (χ0n) is 12.6. The molecule has 11 nitrogen and oxygen atoms in total. The Morgan fingerprint density at radius 1 is 0.615 bits per heavy atom. The van der Waals surface area contributed by atoms with Crippen LogP contribution in [0.25, 0.3) is 0 Å². The molecule has 0 heterocycles. The molecular weight excluding hydrogens is 376 g/mol. The molecule has 0 bridgehead atoms. The monoisotopic (exact) mass is 388 g/mol. The van der Waals surface area contributed by atoms with Crippen molar-refractivity contribution in [2.75, 3.05) is 0 Å². The smallest absolute Gasteiger partial charge is 0.425 e. The van der Waals surface area contributed by atoms with Gasteiger partial charge in [-0.2, -0.15) is 0 Å². The Morgan fingerprint density at radius 2 is 0.885 bits per heavy atom. The van der Waals surface area contributed by atoms with Crippen LogP contribution in [0.15, 0.2) is 36.4 Å². The minimum atomic E-state index is -3.11. The number of benzene rings is 2. The number of rotatable bonds is 2. The fourth-order valence-electron chi connectivity index (χ4n) is 1.31. The van der Waals surface area contributed by atoms with Gasteiger partial charge in [0.1, 0.15) is 0 Å². The molecule has 0 aliphatic carbocycles. The van der Waals surface area contributed by atoms with E-state index in [9.17, 15) is 9.59 Å². The number of carboxylic acid groups (broad SMARTS) is 2. The van der Waals surface area contributed by atoms with Gasteiger partial charge in [-0.25, -0.2) is 9.59 Å².